The second kappa shape index (κ2) is 18.9. The molecule has 0 bridgehead atoms. The summed E-state index contributed by atoms with van der Waals surface area (Å²) in [4.78, 5) is 12.2. The average Bonchev–Trinajstić information content (AvgIpc) is 1.75. The first-order valence-electron chi connectivity index (χ1n) is 28.4. The van der Waals surface area contributed by atoms with Crippen molar-refractivity contribution < 1.29 is 9.15 Å². The van der Waals surface area contributed by atoms with Crippen molar-refractivity contribution in [2.45, 2.75) is 0 Å². The summed E-state index contributed by atoms with van der Waals surface area (Å²) in [5.41, 5.74) is 23.2. The molecule has 388 valence electrons. The van der Waals surface area contributed by atoms with Gasteiger partial charge >= 0.3 is 0 Å². The Bertz CT molecular complexity index is 4550. The summed E-state index contributed by atoms with van der Waals surface area (Å²) in [7, 11) is 0. The van der Waals surface area contributed by atoms with Crippen LogP contribution in [-0.4, -0.2) is 13.4 Å². The summed E-state index contributed by atoms with van der Waals surface area (Å²) >= 11 is 0. The third kappa shape index (κ3) is 7.34. The van der Waals surface area contributed by atoms with Gasteiger partial charge in [-0.3, -0.25) is 0 Å². The lowest BCUT2D eigenvalue weighted by molar-refractivity contribution is 0.487. The number of fused-ring (bicyclic) bond motifs is 10. The number of benzene rings is 12. The number of furan rings is 1. The molecule has 0 spiro atoms. The van der Waals surface area contributed by atoms with Crippen molar-refractivity contribution in [2.75, 3.05) is 24.5 Å². The first kappa shape index (κ1) is 47.0. The van der Waals surface area contributed by atoms with E-state index >= 15 is 0 Å². The highest BCUT2D eigenvalue weighted by Gasteiger charge is 2.50. The predicted molar refractivity (Wildman–Crippen MR) is 345 cm³/mol. The van der Waals surface area contributed by atoms with Crippen LogP contribution in [0.5, 0.6) is 11.5 Å². The van der Waals surface area contributed by atoms with Crippen LogP contribution in [0.4, 0.5) is 85.3 Å². The Kier molecular flexibility index (Phi) is 10.7. The van der Waals surface area contributed by atoms with Crippen LogP contribution in [0.15, 0.2) is 302 Å². The maximum absolute atomic E-state index is 7.44. The van der Waals surface area contributed by atoms with Crippen LogP contribution in [0.2, 0.25) is 0 Å². The van der Waals surface area contributed by atoms with E-state index in [2.05, 4.69) is 322 Å². The summed E-state index contributed by atoms with van der Waals surface area (Å²) in [6.45, 7) is -0.521. The normalized spacial score (nSPS) is 13.0. The van der Waals surface area contributed by atoms with Crippen molar-refractivity contribution in [3.05, 3.63) is 297 Å². The third-order valence-electron chi connectivity index (χ3n) is 17.0. The van der Waals surface area contributed by atoms with E-state index in [1.54, 1.807) is 0 Å². The highest BCUT2D eigenvalue weighted by atomic mass is 16.5. The standard InChI is InChI=1S/C74H49B2N5O2/c1-8-26-50(27-9-1)77(51-28-10-2-11-29-51)57-44-65-71-66(45-57)81(56-38-20-7-21-39-56)73-59-40-22-24-42-68(59)83-74(73)76(71)62-48-61-63(49-64(62)79(65)54-34-16-5-17-35-54)80(55-36-18-6-19-37-55)67-46-58(47-70-72(67)75(61)60-41-23-25-43-69(60)82-70)78(52-30-12-3-13-31-52)53-32-14-4-15-33-53/h1-49H. The zero-order valence-corrected chi connectivity index (χ0v) is 45.0. The number of anilines is 15. The van der Waals surface area contributed by atoms with Gasteiger partial charge in [-0.15, -0.1) is 0 Å². The molecule has 0 amide bonds. The molecule has 0 saturated carbocycles. The van der Waals surface area contributed by atoms with Gasteiger partial charge in [0.1, 0.15) is 17.1 Å². The van der Waals surface area contributed by atoms with E-state index in [4.69, 9.17) is 9.15 Å². The van der Waals surface area contributed by atoms with Crippen LogP contribution < -0.4 is 62.2 Å². The molecule has 0 saturated heterocycles. The second-order valence-corrected chi connectivity index (χ2v) is 21.6. The van der Waals surface area contributed by atoms with Crippen LogP contribution >= 0.6 is 0 Å². The molecule has 1 aromatic heterocycles. The lowest BCUT2D eigenvalue weighted by Gasteiger charge is -2.45. The lowest BCUT2D eigenvalue weighted by atomic mass is 9.31. The fourth-order valence-corrected chi connectivity index (χ4v) is 13.6. The molecule has 0 radical (unpaired) electrons. The Labute approximate surface area is 482 Å². The van der Waals surface area contributed by atoms with Crippen molar-refractivity contribution in [3.63, 3.8) is 0 Å². The van der Waals surface area contributed by atoms with Crippen LogP contribution in [0.1, 0.15) is 0 Å². The lowest BCUT2D eigenvalue weighted by Crippen LogP contribution is -2.64. The second-order valence-electron chi connectivity index (χ2n) is 21.6. The predicted octanol–water partition coefficient (Wildman–Crippen LogP) is 15.9. The van der Waals surface area contributed by atoms with Gasteiger partial charge in [0.25, 0.3) is 13.4 Å². The summed E-state index contributed by atoms with van der Waals surface area (Å²) in [5, 5.41) is 1.06. The minimum absolute atomic E-state index is 0.195. The molecule has 13 aromatic rings. The Morgan fingerprint density at radius 1 is 0.289 bits per heavy atom. The van der Waals surface area contributed by atoms with Gasteiger partial charge in [-0.1, -0.05) is 164 Å². The minimum atomic E-state index is -0.326. The number of nitrogens with zero attached hydrogens (tertiary/aromatic N) is 5. The molecule has 4 aliphatic heterocycles. The topological polar surface area (TPSA) is 38.6 Å². The fraction of sp³-hybridized carbons (Fsp3) is 0. The Morgan fingerprint density at radius 3 is 1.23 bits per heavy atom. The highest BCUT2D eigenvalue weighted by Crippen LogP contribution is 2.52. The number of hydrogen-bond donors (Lipinski definition) is 0. The molecule has 5 heterocycles. The average molecular weight is 1060 g/mol. The number of ether oxygens (including phenoxy) is 1. The van der Waals surface area contributed by atoms with Gasteiger partial charge in [0.2, 0.25) is 0 Å². The van der Waals surface area contributed by atoms with Crippen LogP contribution in [0.25, 0.3) is 11.0 Å². The van der Waals surface area contributed by atoms with Crippen molar-refractivity contribution >= 4 is 143 Å². The van der Waals surface area contributed by atoms with Gasteiger partial charge in [0.15, 0.2) is 0 Å². The van der Waals surface area contributed by atoms with Gasteiger partial charge in [-0.25, -0.2) is 0 Å². The number of rotatable bonds is 9. The summed E-state index contributed by atoms with van der Waals surface area (Å²) < 4.78 is 14.7. The number of para-hydroxylation sites is 9. The molecule has 17 rings (SSSR count). The SMILES string of the molecule is c1ccc(N(c2ccccc2)c2cc3c4c(c2)N(c2ccccc2)c2cc5c(cc2B4c2ccccc2O3)B2c3oc4ccccc4c3N(c3ccccc3)c3cc(N(c4ccccc4)c4ccccc4)cc(c32)N5c2ccccc2)cc1. The van der Waals surface area contributed by atoms with E-state index in [0.717, 1.165) is 135 Å². The Balaban J connectivity index is 0.994. The van der Waals surface area contributed by atoms with Crippen LogP contribution in [-0.2, 0) is 0 Å². The minimum Gasteiger partial charge on any atom is -0.468 e. The molecule has 9 heteroatoms. The molecular weight excluding hydrogens is 1010 g/mol. The van der Waals surface area contributed by atoms with Gasteiger partial charge in [-0.2, -0.15) is 0 Å². The molecule has 0 atom stereocenters. The van der Waals surface area contributed by atoms with Crippen LogP contribution in [0.3, 0.4) is 0 Å². The molecule has 0 N–H and O–H groups in total. The summed E-state index contributed by atoms with van der Waals surface area (Å²) in [6.07, 6.45) is 0. The first-order chi connectivity index (χ1) is 41.2. The van der Waals surface area contributed by atoms with Gasteiger partial charge in [0, 0.05) is 79.7 Å². The highest BCUT2D eigenvalue weighted by molar-refractivity contribution is 7.02. The first-order valence-corrected chi connectivity index (χ1v) is 28.4. The molecular formula is C74H49B2N5O2. The molecule has 0 unspecified atom stereocenters. The monoisotopic (exact) mass is 1060 g/mol. The maximum atomic E-state index is 7.44. The summed E-state index contributed by atoms with van der Waals surface area (Å²) in [5.74, 6) is 1.67. The van der Waals surface area contributed by atoms with E-state index < -0.39 is 0 Å². The molecule has 7 nitrogen and oxygen atoms in total. The van der Waals surface area contributed by atoms with Crippen molar-refractivity contribution in [3.8, 4) is 11.5 Å². The quantitative estimate of drug-likeness (QED) is 0.133. The van der Waals surface area contributed by atoms with E-state index in [1.165, 1.54) is 5.46 Å². The van der Waals surface area contributed by atoms with Gasteiger partial charge in [0.05, 0.1) is 22.7 Å². The zero-order valence-electron chi connectivity index (χ0n) is 45.0. The molecule has 4 aliphatic rings. The molecule has 0 aliphatic carbocycles. The smallest absolute Gasteiger partial charge is 0.297 e. The summed E-state index contributed by atoms with van der Waals surface area (Å²) in [6, 6.07) is 107. The van der Waals surface area contributed by atoms with Crippen LogP contribution in [0, 0.1) is 0 Å². The zero-order chi connectivity index (χ0) is 54.5. The molecule has 0 fully saturated rings. The van der Waals surface area contributed by atoms with Crippen molar-refractivity contribution in [1.82, 2.24) is 0 Å². The third-order valence-corrected chi connectivity index (χ3v) is 17.0. The van der Waals surface area contributed by atoms with Crippen molar-refractivity contribution in [2.24, 2.45) is 0 Å². The van der Waals surface area contributed by atoms with Gasteiger partial charge in [-0.05, 0) is 155 Å². The maximum Gasteiger partial charge on any atom is 0.297 e. The van der Waals surface area contributed by atoms with Gasteiger partial charge < -0.3 is 33.7 Å². The van der Waals surface area contributed by atoms with E-state index in [9.17, 15) is 0 Å². The molecule has 12 aromatic carbocycles. The largest absolute Gasteiger partial charge is 0.468 e. The Hall–Kier alpha value is -10.9. The Morgan fingerprint density at radius 2 is 0.699 bits per heavy atom. The van der Waals surface area contributed by atoms with E-state index in [-0.39, 0.29) is 13.4 Å². The van der Waals surface area contributed by atoms with Crippen molar-refractivity contribution in [1.29, 1.82) is 0 Å². The molecule has 83 heavy (non-hydrogen) atoms. The van der Waals surface area contributed by atoms with E-state index in [1.807, 2.05) is 0 Å². The number of hydrogen-bond acceptors (Lipinski definition) is 7. The van der Waals surface area contributed by atoms with E-state index in [0.29, 0.717) is 0 Å². The fourth-order valence-electron chi connectivity index (χ4n) is 13.6.